The van der Waals surface area contributed by atoms with Crippen LogP contribution in [0.4, 0.5) is 5.69 Å². The average Bonchev–Trinajstić information content (AvgIpc) is 2.34. The van der Waals surface area contributed by atoms with E-state index in [9.17, 15) is 4.79 Å². The van der Waals surface area contributed by atoms with Gasteiger partial charge in [-0.05, 0) is 26.0 Å². The third-order valence-corrected chi connectivity index (χ3v) is 2.04. The molecule has 0 saturated carbocycles. The lowest BCUT2D eigenvalue weighted by atomic mass is 10.3. The number of nitrogens with zero attached hydrogens (tertiary/aromatic N) is 1. The third-order valence-electron chi connectivity index (χ3n) is 2.04. The average molecular weight is 238 g/mol. The summed E-state index contributed by atoms with van der Waals surface area (Å²) in [7, 11) is 1.33. The molecule has 0 unspecified atom stereocenters. The highest BCUT2D eigenvalue weighted by Gasteiger charge is 2.06. The van der Waals surface area contributed by atoms with Crippen LogP contribution in [0.15, 0.2) is 18.3 Å². The summed E-state index contributed by atoms with van der Waals surface area (Å²) >= 11 is 0. The molecule has 0 aliphatic carbocycles. The minimum absolute atomic E-state index is 0.222. The molecule has 0 spiro atoms. The summed E-state index contributed by atoms with van der Waals surface area (Å²) in [5, 5.41) is 3.15. The molecule has 1 rings (SSSR count). The number of rotatable bonds is 6. The van der Waals surface area contributed by atoms with Crippen molar-refractivity contribution in [2.45, 2.75) is 20.0 Å². The second kappa shape index (κ2) is 6.85. The topological polar surface area (TPSA) is 60.5 Å². The van der Waals surface area contributed by atoms with Gasteiger partial charge < -0.3 is 14.8 Å². The van der Waals surface area contributed by atoms with Crippen molar-refractivity contribution in [1.82, 2.24) is 4.98 Å². The molecule has 5 heteroatoms. The van der Waals surface area contributed by atoms with Crippen LogP contribution < -0.4 is 5.32 Å². The van der Waals surface area contributed by atoms with Gasteiger partial charge in [0.15, 0.2) is 0 Å². The van der Waals surface area contributed by atoms with Gasteiger partial charge in [0.25, 0.3) is 0 Å². The number of nitrogens with one attached hydrogen (secondary N) is 1. The molecule has 0 aliphatic rings. The van der Waals surface area contributed by atoms with Gasteiger partial charge in [-0.2, -0.15) is 0 Å². The Morgan fingerprint density at radius 1 is 1.53 bits per heavy atom. The Hall–Kier alpha value is -1.62. The van der Waals surface area contributed by atoms with Crippen LogP contribution >= 0.6 is 0 Å². The number of carbonyl (C=O) groups is 1. The highest BCUT2D eigenvalue weighted by molar-refractivity contribution is 5.88. The van der Waals surface area contributed by atoms with Gasteiger partial charge in [-0.3, -0.25) is 0 Å². The predicted octanol–water partition coefficient (Wildman–Crippen LogP) is 1.71. The first-order valence-corrected chi connectivity index (χ1v) is 5.53. The smallest absolute Gasteiger partial charge is 0.356 e. The number of hydrogen-bond acceptors (Lipinski definition) is 5. The van der Waals surface area contributed by atoms with E-state index < -0.39 is 5.97 Å². The summed E-state index contributed by atoms with van der Waals surface area (Å²) in [4.78, 5) is 15.2. The van der Waals surface area contributed by atoms with Crippen LogP contribution in [0.3, 0.4) is 0 Å². The number of methoxy groups -OCH3 is 1. The monoisotopic (exact) mass is 238 g/mol. The van der Waals surface area contributed by atoms with Gasteiger partial charge in [0.1, 0.15) is 5.69 Å². The van der Waals surface area contributed by atoms with Gasteiger partial charge >= 0.3 is 5.97 Å². The Balaban J connectivity index is 2.46. The Kier molecular flexibility index (Phi) is 5.42. The first-order valence-electron chi connectivity index (χ1n) is 5.53. The fourth-order valence-electron chi connectivity index (χ4n) is 1.25. The Morgan fingerprint density at radius 3 is 2.94 bits per heavy atom. The Bertz CT molecular complexity index is 367. The van der Waals surface area contributed by atoms with E-state index in [0.29, 0.717) is 18.8 Å². The molecule has 0 fully saturated rings. The zero-order chi connectivity index (χ0) is 12.7. The molecule has 0 saturated heterocycles. The van der Waals surface area contributed by atoms with Gasteiger partial charge in [-0.25, -0.2) is 9.78 Å². The molecular formula is C12H18N2O3. The summed E-state index contributed by atoms with van der Waals surface area (Å²) in [5.74, 6) is -0.438. The maximum atomic E-state index is 11.2. The lowest BCUT2D eigenvalue weighted by molar-refractivity contribution is 0.0594. The lowest BCUT2D eigenvalue weighted by Crippen LogP contribution is -2.13. The Morgan fingerprint density at radius 2 is 2.29 bits per heavy atom. The van der Waals surface area contributed by atoms with Crippen LogP contribution in [0.2, 0.25) is 0 Å². The number of esters is 1. The number of pyridine rings is 1. The quantitative estimate of drug-likeness (QED) is 0.604. The predicted molar refractivity (Wildman–Crippen MR) is 65.2 cm³/mol. The maximum Gasteiger partial charge on any atom is 0.356 e. The van der Waals surface area contributed by atoms with Gasteiger partial charge in [0.2, 0.25) is 0 Å². The molecule has 0 atom stereocenters. The molecular weight excluding hydrogens is 220 g/mol. The number of hydrogen-bond donors (Lipinski definition) is 1. The first kappa shape index (κ1) is 13.4. The van der Waals surface area contributed by atoms with Crippen molar-refractivity contribution in [3.05, 3.63) is 24.0 Å². The normalized spacial score (nSPS) is 10.4. The van der Waals surface area contributed by atoms with E-state index in [2.05, 4.69) is 15.0 Å². The largest absolute Gasteiger partial charge is 0.464 e. The van der Waals surface area contributed by atoms with Crippen LogP contribution in [0, 0.1) is 0 Å². The summed E-state index contributed by atoms with van der Waals surface area (Å²) in [5.41, 5.74) is 1.12. The fraction of sp³-hybridized carbons (Fsp3) is 0.500. The molecule has 1 heterocycles. The third kappa shape index (κ3) is 4.82. The molecule has 1 aromatic rings. The summed E-state index contributed by atoms with van der Waals surface area (Å²) < 4.78 is 9.99. The SMILES string of the molecule is COC(=O)c1cc(NCCOC(C)C)ccn1. The van der Waals surface area contributed by atoms with Crippen LogP contribution in [-0.2, 0) is 9.47 Å². The molecule has 1 aromatic heterocycles. The minimum atomic E-state index is -0.438. The first-order chi connectivity index (χ1) is 8.13. The second-order valence-corrected chi connectivity index (χ2v) is 3.77. The van der Waals surface area contributed by atoms with Gasteiger partial charge in [-0.1, -0.05) is 0 Å². The maximum absolute atomic E-state index is 11.2. The molecule has 94 valence electrons. The molecule has 0 bridgehead atoms. The molecule has 17 heavy (non-hydrogen) atoms. The Labute approximate surface area is 101 Å². The minimum Gasteiger partial charge on any atom is -0.464 e. The van der Waals surface area contributed by atoms with Crippen molar-refractivity contribution in [3.63, 3.8) is 0 Å². The van der Waals surface area contributed by atoms with E-state index in [1.807, 2.05) is 13.8 Å². The molecule has 5 nitrogen and oxygen atoms in total. The summed E-state index contributed by atoms with van der Waals surface area (Å²) in [6.45, 7) is 5.28. The highest BCUT2D eigenvalue weighted by Crippen LogP contribution is 2.08. The van der Waals surface area contributed by atoms with E-state index in [1.165, 1.54) is 7.11 Å². The van der Waals surface area contributed by atoms with Crippen molar-refractivity contribution >= 4 is 11.7 Å². The fourth-order valence-corrected chi connectivity index (χ4v) is 1.25. The van der Waals surface area contributed by atoms with Gasteiger partial charge in [0, 0.05) is 18.4 Å². The van der Waals surface area contributed by atoms with E-state index >= 15 is 0 Å². The van der Waals surface area contributed by atoms with E-state index in [-0.39, 0.29) is 6.10 Å². The highest BCUT2D eigenvalue weighted by atomic mass is 16.5. The number of ether oxygens (including phenoxy) is 2. The lowest BCUT2D eigenvalue weighted by Gasteiger charge is -2.09. The molecule has 1 N–H and O–H groups in total. The van der Waals surface area contributed by atoms with Crippen LogP contribution in [0.5, 0.6) is 0 Å². The summed E-state index contributed by atoms with van der Waals surface area (Å²) in [6.07, 6.45) is 1.79. The van der Waals surface area contributed by atoms with Crippen LogP contribution in [0.1, 0.15) is 24.3 Å². The molecule has 0 aromatic carbocycles. The second-order valence-electron chi connectivity index (χ2n) is 3.77. The van der Waals surface area contributed by atoms with Crippen molar-refractivity contribution in [3.8, 4) is 0 Å². The van der Waals surface area contributed by atoms with E-state index in [1.54, 1.807) is 18.3 Å². The van der Waals surface area contributed by atoms with Crippen molar-refractivity contribution in [2.75, 3.05) is 25.6 Å². The number of aromatic nitrogens is 1. The van der Waals surface area contributed by atoms with Crippen molar-refractivity contribution < 1.29 is 14.3 Å². The molecule has 0 aliphatic heterocycles. The van der Waals surface area contributed by atoms with E-state index in [4.69, 9.17) is 4.74 Å². The van der Waals surface area contributed by atoms with E-state index in [0.717, 1.165) is 5.69 Å². The van der Waals surface area contributed by atoms with Crippen LogP contribution in [0.25, 0.3) is 0 Å². The van der Waals surface area contributed by atoms with Gasteiger partial charge in [0.05, 0.1) is 19.8 Å². The molecule has 0 radical (unpaired) electrons. The zero-order valence-corrected chi connectivity index (χ0v) is 10.4. The zero-order valence-electron chi connectivity index (χ0n) is 10.4. The number of anilines is 1. The van der Waals surface area contributed by atoms with Gasteiger partial charge in [-0.15, -0.1) is 0 Å². The van der Waals surface area contributed by atoms with Crippen LogP contribution in [-0.4, -0.2) is 37.3 Å². The van der Waals surface area contributed by atoms with Crippen molar-refractivity contribution in [2.24, 2.45) is 0 Å². The number of carbonyl (C=O) groups excluding carboxylic acids is 1. The standard InChI is InChI=1S/C12H18N2O3/c1-9(2)17-7-6-13-10-4-5-14-11(8-10)12(15)16-3/h4-5,8-9H,6-7H2,1-3H3,(H,13,14). The molecule has 0 amide bonds. The van der Waals surface area contributed by atoms with Crippen molar-refractivity contribution in [1.29, 1.82) is 0 Å². The summed E-state index contributed by atoms with van der Waals surface area (Å²) in [6, 6.07) is 3.45.